The molecule has 2 aromatic rings. The molecule has 0 unspecified atom stereocenters. The van der Waals surface area contributed by atoms with E-state index < -0.39 is 21.7 Å². The zero-order chi connectivity index (χ0) is 22.3. The highest BCUT2D eigenvalue weighted by Crippen LogP contribution is 2.33. The lowest BCUT2D eigenvalue weighted by Crippen LogP contribution is -2.43. The minimum Gasteiger partial charge on any atom is -0.291 e. The first kappa shape index (κ1) is 21.3. The number of benzene rings is 2. The Labute approximate surface area is 188 Å². The molecule has 0 radical (unpaired) electrons. The number of hydrogen-bond donors (Lipinski definition) is 0. The van der Waals surface area contributed by atoms with E-state index in [-0.39, 0.29) is 10.5 Å². The van der Waals surface area contributed by atoms with Crippen molar-refractivity contribution in [3.05, 3.63) is 59.2 Å². The van der Waals surface area contributed by atoms with Gasteiger partial charge in [-0.05, 0) is 48.6 Å². The summed E-state index contributed by atoms with van der Waals surface area (Å²) in [6, 6.07) is 12.8. The Morgan fingerprint density at radius 1 is 0.844 bits per heavy atom. The Morgan fingerprint density at radius 2 is 1.56 bits per heavy atom. The predicted octanol–water partition coefficient (Wildman–Crippen LogP) is 2.80. The highest BCUT2D eigenvalue weighted by molar-refractivity contribution is 7.89. The number of Topliss-reactive ketones (excluding diaryl/α,β-unsaturated/α-hetero) is 1. The predicted molar refractivity (Wildman–Crippen MR) is 121 cm³/mol. The molecule has 0 N–H and O–H groups in total. The van der Waals surface area contributed by atoms with Crippen LogP contribution in [-0.2, 0) is 27.8 Å². The van der Waals surface area contributed by atoms with Crippen molar-refractivity contribution >= 4 is 27.4 Å². The van der Waals surface area contributed by atoms with Gasteiger partial charge in [0.05, 0.1) is 22.8 Å². The van der Waals surface area contributed by atoms with E-state index in [1.54, 1.807) is 6.07 Å². The maximum absolute atomic E-state index is 13.2. The van der Waals surface area contributed by atoms with Crippen LogP contribution in [0.5, 0.6) is 0 Å². The van der Waals surface area contributed by atoms with Crippen molar-refractivity contribution in [3.63, 3.8) is 0 Å². The van der Waals surface area contributed by atoms with Crippen LogP contribution in [0.3, 0.4) is 0 Å². The number of amides is 1. The maximum atomic E-state index is 13.2. The van der Waals surface area contributed by atoms with Crippen molar-refractivity contribution < 1.29 is 18.0 Å². The highest BCUT2D eigenvalue weighted by atomic mass is 32.2. The number of fused-ring (bicyclic) bond motifs is 2. The molecule has 0 spiro atoms. The Balaban J connectivity index is 1.39. The number of nitrogens with zero attached hydrogens (tertiary/aromatic N) is 3. The van der Waals surface area contributed by atoms with Gasteiger partial charge in [-0.3, -0.25) is 19.4 Å². The smallest absolute Gasteiger partial charge is 0.291 e. The van der Waals surface area contributed by atoms with Gasteiger partial charge in [-0.1, -0.05) is 37.1 Å². The molecule has 3 aliphatic rings. The van der Waals surface area contributed by atoms with E-state index in [9.17, 15) is 18.0 Å². The van der Waals surface area contributed by atoms with Crippen molar-refractivity contribution in [1.29, 1.82) is 0 Å². The summed E-state index contributed by atoms with van der Waals surface area (Å²) in [4.78, 5) is 29.2. The van der Waals surface area contributed by atoms with Gasteiger partial charge in [0.1, 0.15) is 0 Å². The van der Waals surface area contributed by atoms with Crippen LogP contribution in [0.2, 0.25) is 0 Å². The Bertz CT molecular complexity index is 1170. The lowest BCUT2D eigenvalue weighted by atomic mass is 10.0. The number of hydrogen-bond acceptors (Lipinski definition) is 5. The summed E-state index contributed by atoms with van der Waals surface area (Å²) >= 11 is 0. The third-order valence-corrected chi connectivity index (χ3v) is 8.59. The van der Waals surface area contributed by atoms with Crippen LogP contribution in [0.1, 0.15) is 47.2 Å². The second-order valence-electron chi connectivity index (χ2n) is 8.77. The van der Waals surface area contributed by atoms with Gasteiger partial charge in [-0.2, -0.15) is 4.31 Å². The molecule has 32 heavy (non-hydrogen) atoms. The van der Waals surface area contributed by atoms with Crippen LogP contribution in [0.4, 0.5) is 5.69 Å². The average Bonchev–Trinajstić information content (AvgIpc) is 3.01. The van der Waals surface area contributed by atoms with Gasteiger partial charge in [-0.15, -0.1) is 0 Å². The molecular weight excluding hydrogens is 426 g/mol. The van der Waals surface area contributed by atoms with E-state index in [1.807, 2.05) is 12.1 Å². The van der Waals surface area contributed by atoms with Crippen molar-refractivity contribution in [2.24, 2.45) is 0 Å². The third kappa shape index (κ3) is 3.76. The number of anilines is 1. The first-order valence-corrected chi connectivity index (χ1v) is 12.7. The highest BCUT2D eigenvalue weighted by Gasteiger charge is 2.38. The van der Waals surface area contributed by atoms with E-state index >= 15 is 0 Å². The van der Waals surface area contributed by atoms with Crippen molar-refractivity contribution in [1.82, 2.24) is 9.21 Å². The molecule has 1 saturated heterocycles. The fourth-order valence-electron chi connectivity index (χ4n) is 4.89. The van der Waals surface area contributed by atoms with Gasteiger partial charge < -0.3 is 0 Å². The van der Waals surface area contributed by atoms with Gasteiger partial charge in [0.25, 0.3) is 5.78 Å². The van der Waals surface area contributed by atoms with Gasteiger partial charge in [-0.25, -0.2) is 8.42 Å². The maximum Gasteiger partial charge on any atom is 0.300 e. The molecule has 3 aliphatic heterocycles. The van der Waals surface area contributed by atoms with E-state index in [0.717, 1.165) is 38.6 Å². The first-order valence-electron chi connectivity index (χ1n) is 11.2. The molecule has 5 rings (SSSR count). The van der Waals surface area contributed by atoms with Gasteiger partial charge >= 0.3 is 5.91 Å². The second-order valence-corrected chi connectivity index (χ2v) is 10.7. The fraction of sp³-hybridized carbons (Fsp3) is 0.417. The lowest BCUT2D eigenvalue weighted by molar-refractivity contribution is -0.114. The van der Waals surface area contributed by atoms with Crippen LogP contribution < -0.4 is 4.90 Å². The van der Waals surface area contributed by atoms with E-state index in [2.05, 4.69) is 17.0 Å². The van der Waals surface area contributed by atoms with Crippen molar-refractivity contribution in [3.8, 4) is 0 Å². The number of rotatable bonds is 4. The zero-order valence-corrected chi connectivity index (χ0v) is 18.8. The van der Waals surface area contributed by atoms with Crippen LogP contribution in [0.25, 0.3) is 0 Å². The Morgan fingerprint density at radius 3 is 2.31 bits per heavy atom. The summed E-state index contributed by atoms with van der Waals surface area (Å²) in [6.07, 6.45) is 4.63. The summed E-state index contributed by atoms with van der Waals surface area (Å²) in [6.45, 7) is 2.81. The molecule has 0 bridgehead atoms. The molecule has 1 fully saturated rings. The third-order valence-electron chi connectivity index (χ3n) is 6.70. The minimum absolute atomic E-state index is 0.0908. The minimum atomic E-state index is -3.69. The van der Waals surface area contributed by atoms with Gasteiger partial charge in [0.2, 0.25) is 10.0 Å². The molecule has 168 valence electrons. The van der Waals surface area contributed by atoms with Gasteiger partial charge in [0, 0.05) is 26.2 Å². The molecular formula is C24H27N3O4S. The molecule has 8 heteroatoms. The SMILES string of the molecule is O=C1C(=O)N(CN2CCc3ccccc3C2)c2ccc(S(=O)(=O)N3CCCCCC3)cc21. The molecule has 0 aliphatic carbocycles. The number of ketones is 1. The fourth-order valence-corrected chi connectivity index (χ4v) is 6.43. The topological polar surface area (TPSA) is 78.0 Å². The summed E-state index contributed by atoms with van der Waals surface area (Å²) in [7, 11) is -3.69. The average molecular weight is 454 g/mol. The molecule has 0 atom stereocenters. The van der Waals surface area contributed by atoms with Gasteiger partial charge in [0.15, 0.2) is 0 Å². The molecule has 3 heterocycles. The van der Waals surface area contributed by atoms with Crippen molar-refractivity contribution in [2.45, 2.75) is 43.5 Å². The van der Waals surface area contributed by atoms with E-state index in [0.29, 0.717) is 32.0 Å². The largest absolute Gasteiger partial charge is 0.300 e. The first-order chi connectivity index (χ1) is 15.4. The normalized spacial score (nSPS) is 20.2. The molecule has 2 aromatic carbocycles. The monoisotopic (exact) mass is 453 g/mol. The second kappa shape index (κ2) is 8.42. The van der Waals surface area contributed by atoms with Crippen molar-refractivity contribution in [2.75, 3.05) is 31.2 Å². The number of carbonyl (C=O) groups excluding carboxylic acids is 2. The zero-order valence-electron chi connectivity index (χ0n) is 18.0. The summed E-state index contributed by atoms with van der Waals surface area (Å²) in [5.41, 5.74) is 3.23. The Hall–Kier alpha value is -2.55. The van der Waals surface area contributed by atoms with Crippen LogP contribution in [-0.4, -0.2) is 55.6 Å². The van der Waals surface area contributed by atoms with E-state index in [4.69, 9.17) is 0 Å². The summed E-state index contributed by atoms with van der Waals surface area (Å²) in [5, 5.41) is 0. The van der Waals surface area contributed by atoms with Crippen LogP contribution in [0.15, 0.2) is 47.4 Å². The standard InChI is InChI=1S/C24H27N3O4S/c28-23-21-15-20(32(30,31)26-12-5-1-2-6-13-26)9-10-22(21)27(24(23)29)17-25-14-11-18-7-3-4-8-19(18)16-25/h3-4,7-10,15H,1-2,5-6,11-14,16-17H2. The number of sulfonamides is 1. The summed E-state index contributed by atoms with van der Waals surface area (Å²) < 4.78 is 27.8. The molecule has 0 aromatic heterocycles. The van der Waals surface area contributed by atoms with E-state index in [1.165, 1.54) is 32.5 Å². The molecule has 7 nitrogen and oxygen atoms in total. The quantitative estimate of drug-likeness (QED) is 0.666. The van der Waals surface area contributed by atoms with Crippen LogP contribution in [0, 0.1) is 0 Å². The number of carbonyl (C=O) groups is 2. The summed E-state index contributed by atoms with van der Waals surface area (Å²) in [5.74, 6) is -1.23. The molecule has 1 amide bonds. The van der Waals surface area contributed by atoms with Crippen LogP contribution >= 0.6 is 0 Å². The lowest BCUT2D eigenvalue weighted by Gasteiger charge is -2.32. The molecule has 0 saturated carbocycles. The Kier molecular flexibility index (Phi) is 5.61.